The Hall–Kier alpha value is -0.380. The fourth-order valence-corrected chi connectivity index (χ4v) is 3.03. The van der Waals surface area contributed by atoms with E-state index in [0.29, 0.717) is 0 Å². The number of aliphatic hydroxyl groups excluding tert-OH is 1. The molecule has 0 unspecified atom stereocenters. The smallest absolute Gasteiger partial charge is 0.0540 e. The van der Waals surface area contributed by atoms with Gasteiger partial charge in [0, 0.05) is 4.88 Å². The van der Waals surface area contributed by atoms with E-state index in [9.17, 15) is 5.11 Å². The van der Waals surface area contributed by atoms with Crippen LogP contribution in [0.3, 0.4) is 0 Å². The van der Waals surface area contributed by atoms with E-state index in [0.717, 1.165) is 38.3 Å². The predicted molar refractivity (Wildman–Crippen MR) is 68.9 cm³/mol. The highest BCUT2D eigenvalue weighted by Gasteiger charge is 2.18. The molecule has 1 saturated carbocycles. The molecule has 0 spiro atoms. The average Bonchev–Trinajstić information content (AvgIpc) is 2.80. The number of hydrogen-bond donors (Lipinski definition) is 2. The molecule has 2 nitrogen and oxygen atoms in total. The van der Waals surface area contributed by atoms with Crippen LogP contribution in [0.4, 0.5) is 0 Å². The van der Waals surface area contributed by atoms with Crippen molar-refractivity contribution in [2.24, 2.45) is 5.92 Å². The highest BCUT2D eigenvalue weighted by Crippen LogP contribution is 2.23. The highest BCUT2D eigenvalue weighted by atomic mass is 32.1. The molecule has 2 N–H and O–H groups in total. The minimum absolute atomic E-state index is 0.0256. The number of rotatable bonds is 5. The second-order valence-electron chi connectivity index (χ2n) is 4.71. The topological polar surface area (TPSA) is 32.3 Å². The van der Waals surface area contributed by atoms with Crippen LogP contribution in [-0.4, -0.2) is 24.3 Å². The molecular weight excluding hydrogens is 218 g/mol. The molecule has 0 bridgehead atoms. The Morgan fingerprint density at radius 1 is 1.31 bits per heavy atom. The Labute approximate surface area is 102 Å². The molecule has 0 aromatic carbocycles. The van der Waals surface area contributed by atoms with E-state index in [2.05, 4.69) is 22.8 Å². The van der Waals surface area contributed by atoms with Gasteiger partial charge in [-0.15, -0.1) is 11.3 Å². The lowest BCUT2D eigenvalue weighted by atomic mass is 9.87. The van der Waals surface area contributed by atoms with E-state index in [1.54, 1.807) is 0 Å². The molecule has 0 saturated heterocycles. The van der Waals surface area contributed by atoms with Crippen LogP contribution in [0.25, 0.3) is 0 Å². The number of nitrogens with one attached hydrogen (secondary N) is 1. The molecular formula is C13H21NOS. The number of hydrogen-bond acceptors (Lipinski definition) is 3. The Morgan fingerprint density at radius 2 is 2.12 bits per heavy atom. The zero-order chi connectivity index (χ0) is 11.2. The van der Waals surface area contributed by atoms with Crippen LogP contribution in [0.2, 0.25) is 0 Å². The third kappa shape index (κ3) is 3.89. The summed E-state index contributed by atoms with van der Waals surface area (Å²) in [6.07, 6.45) is 5.49. The summed E-state index contributed by atoms with van der Waals surface area (Å²) in [7, 11) is 0. The molecule has 0 atom stereocenters. The lowest BCUT2D eigenvalue weighted by Gasteiger charge is -2.25. The Kier molecular flexibility index (Phi) is 4.82. The zero-order valence-corrected chi connectivity index (χ0v) is 10.5. The van der Waals surface area contributed by atoms with Crippen molar-refractivity contribution in [3.05, 3.63) is 22.4 Å². The van der Waals surface area contributed by atoms with Crippen LogP contribution in [-0.2, 0) is 6.42 Å². The standard InChI is InChI=1S/C13H21NOS/c15-12-5-3-11(4-6-12)10-14-8-7-13-2-1-9-16-13/h1-2,9,11-12,14-15H,3-8,10H2. The van der Waals surface area contributed by atoms with E-state index in [1.165, 1.54) is 17.7 Å². The molecule has 0 amide bonds. The molecule has 3 heteroatoms. The SMILES string of the molecule is OC1CCC(CNCCc2cccs2)CC1. The Bertz CT molecular complexity index is 278. The molecule has 1 fully saturated rings. The molecule has 1 aliphatic carbocycles. The van der Waals surface area contributed by atoms with Gasteiger partial charge in [-0.05, 0) is 62.6 Å². The van der Waals surface area contributed by atoms with Crippen LogP contribution < -0.4 is 5.32 Å². The first-order valence-corrected chi connectivity index (χ1v) is 7.13. The van der Waals surface area contributed by atoms with E-state index in [1.807, 2.05) is 11.3 Å². The molecule has 0 radical (unpaired) electrons. The second kappa shape index (κ2) is 6.38. The van der Waals surface area contributed by atoms with Crippen molar-refractivity contribution >= 4 is 11.3 Å². The third-order valence-corrected chi connectivity index (χ3v) is 4.31. The fraction of sp³-hybridized carbons (Fsp3) is 0.692. The minimum Gasteiger partial charge on any atom is -0.393 e. The van der Waals surface area contributed by atoms with Crippen LogP contribution >= 0.6 is 11.3 Å². The summed E-state index contributed by atoms with van der Waals surface area (Å²) < 4.78 is 0. The summed E-state index contributed by atoms with van der Waals surface area (Å²) in [4.78, 5) is 1.46. The molecule has 0 aliphatic heterocycles. The maximum atomic E-state index is 9.40. The summed E-state index contributed by atoms with van der Waals surface area (Å²) in [5.74, 6) is 0.784. The van der Waals surface area contributed by atoms with Gasteiger partial charge >= 0.3 is 0 Å². The monoisotopic (exact) mass is 239 g/mol. The molecule has 1 heterocycles. The first-order chi connectivity index (χ1) is 7.84. The lowest BCUT2D eigenvalue weighted by Crippen LogP contribution is -2.29. The van der Waals surface area contributed by atoms with Crippen LogP contribution in [0.1, 0.15) is 30.6 Å². The van der Waals surface area contributed by atoms with E-state index in [4.69, 9.17) is 0 Å². The normalized spacial score (nSPS) is 25.8. The maximum absolute atomic E-state index is 9.40. The summed E-state index contributed by atoms with van der Waals surface area (Å²) in [5.41, 5.74) is 0. The van der Waals surface area contributed by atoms with Gasteiger partial charge in [0.05, 0.1) is 6.10 Å². The van der Waals surface area contributed by atoms with Gasteiger partial charge in [-0.2, -0.15) is 0 Å². The average molecular weight is 239 g/mol. The Morgan fingerprint density at radius 3 is 2.81 bits per heavy atom. The van der Waals surface area contributed by atoms with Crippen molar-refractivity contribution in [3.8, 4) is 0 Å². The number of thiophene rings is 1. The number of aliphatic hydroxyl groups is 1. The fourth-order valence-electron chi connectivity index (χ4n) is 2.32. The van der Waals surface area contributed by atoms with Gasteiger partial charge in [0.25, 0.3) is 0 Å². The first-order valence-electron chi connectivity index (χ1n) is 6.26. The highest BCUT2D eigenvalue weighted by molar-refractivity contribution is 7.09. The quantitative estimate of drug-likeness (QED) is 0.774. The van der Waals surface area contributed by atoms with Crippen molar-refractivity contribution in [1.82, 2.24) is 5.32 Å². The minimum atomic E-state index is -0.0256. The van der Waals surface area contributed by atoms with Gasteiger partial charge in [-0.3, -0.25) is 0 Å². The van der Waals surface area contributed by atoms with Gasteiger partial charge in [-0.25, -0.2) is 0 Å². The van der Waals surface area contributed by atoms with Crippen molar-refractivity contribution in [1.29, 1.82) is 0 Å². The van der Waals surface area contributed by atoms with Gasteiger partial charge in [0.2, 0.25) is 0 Å². The molecule has 2 rings (SSSR count). The molecule has 1 aliphatic rings. The van der Waals surface area contributed by atoms with Gasteiger partial charge in [0.15, 0.2) is 0 Å². The van der Waals surface area contributed by atoms with Crippen molar-refractivity contribution in [2.45, 2.75) is 38.2 Å². The molecule has 1 aromatic heterocycles. The van der Waals surface area contributed by atoms with Gasteiger partial charge in [-0.1, -0.05) is 6.07 Å². The Balaban J connectivity index is 1.55. The second-order valence-corrected chi connectivity index (χ2v) is 5.74. The van der Waals surface area contributed by atoms with E-state index < -0.39 is 0 Å². The molecule has 16 heavy (non-hydrogen) atoms. The van der Waals surface area contributed by atoms with Gasteiger partial charge in [0.1, 0.15) is 0 Å². The maximum Gasteiger partial charge on any atom is 0.0540 e. The summed E-state index contributed by atoms with van der Waals surface area (Å²) in [6, 6.07) is 4.31. The summed E-state index contributed by atoms with van der Waals surface area (Å²) in [5, 5.41) is 15.1. The summed E-state index contributed by atoms with van der Waals surface area (Å²) >= 11 is 1.84. The van der Waals surface area contributed by atoms with Crippen molar-refractivity contribution < 1.29 is 5.11 Å². The van der Waals surface area contributed by atoms with Crippen LogP contribution in [0.15, 0.2) is 17.5 Å². The zero-order valence-electron chi connectivity index (χ0n) is 9.69. The third-order valence-electron chi connectivity index (χ3n) is 3.38. The molecule has 90 valence electrons. The predicted octanol–water partition coefficient (Wildman–Crippen LogP) is 2.43. The van der Waals surface area contributed by atoms with Crippen LogP contribution in [0.5, 0.6) is 0 Å². The van der Waals surface area contributed by atoms with Crippen molar-refractivity contribution in [3.63, 3.8) is 0 Å². The van der Waals surface area contributed by atoms with Crippen LogP contribution in [0, 0.1) is 5.92 Å². The van der Waals surface area contributed by atoms with Crippen molar-refractivity contribution in [2.75, 3.05) is 13.1 Å². The molecule has 1 aromatic rings. The largest absolute Gasteiger partial charge is 0.393 e. The van der Waals surface area contributed by atoms with E-state index in [-0.39, 0.29) is 6.10 Å². The van der Waals surface area contributed by atoms with Gasteiger partial charge < -0.3 is 10.4 Å². The first kappa shape index (κ1) is 12.1. The lowest BCUT2D eigenvalue weighted by molar-refractivity contribution is 0.108. The van der Waals surface area contributed by atoms with E-state index >= 15 is 0 Å². The summed E-state index contributed by atoms with van der Waals surface area (Å²) in [6.45, 7) is 2.21.